The summed E-state index contributed by atoms with van der Waals surface area (Å²) < 4.78 is 10.2. The third-order valence-electron chi connectivity index (χ3n) is 4.28. The SMILES string of the molecule is COC(=O)c1ccoc1CN(C)C1CCCCC1CN. The molecule has 0 aromatic carbocycles. The van der Waals surface area contributed by atoms with Crippen LogP contribution in [0.2, 0.25) is 0 Å². The molecule has 1 heterocycles. The van der Waals surface area contributed by atoms with Gasteiger partial charge in [0.25, 0.3) is 0 Å². The number of carbonyl (C=O) groups is 1. The number of rotatable bonds is 5. The lowest BCUT2D eigenvalue weighted by molar-refractivity contribution is 0.0593. The Hall–Kier alpha value is -1.33. The van der Waals surface area contributed by atoms with Crippen molar-refractivity contribution in [2.24, 2.45) is 11.7 Å². The Bertz CT molecular complexity index is 444. The first-order chi connectivity index (χ1) is 9.67. The molecule has 0 saturated heterocycles. The van der Waals surface area contributed by atoms with E-state index in [0.29, 0.717) is 29.8 Å². The lowest BCUT2D eigenvalue weighted by Crippen LogP contribution is -2.42. The van der Waals surface area contributed by atoms with E-state index >= 15 is 0 Å². The maximum Gasteiger partial charge on any atom is 0.341 e. The number of hydrogen-bond acceptors (Lipinski definition) is 5. The van der Waals surface area contributed by atoms with E-state index in [0.717, 1.165) is 13.0 Å². The van der Waals surface area contributed by atoms with Crippen molar-refractivity contribution in [3.8, 4) is 0 Å². The summed E-state index contributed by atoms with van der Waals surface area (Å²) in [7, 11) is 3.46. The number of carbonyl (C=O) groups excluding carboxylic acids is 1. The monoisotopic (exact) mass is 280 g/mol. The molecule has 0 radical (unpaired) electrons. The van der Waals surface area contributed by atoms with Crippen molar-refractivity contribution in [3.05, 3.63) is 23.7 Å². The first kappa shape index (κ1) is 15.1. The largest absolute Gasteiger partial charge is 0.467 e. The lowest BCUT2D eigenvalue weighted by Gasteiger charge is -2.37. The highest BCUT2D eigenvalue weighted by Crippen LogP contribution is 2.28. The summed E-state index contributed by atoms with van der Waals surface area (Å²) in [5, 5.41) is 0. The fourth-order valence-corrected chi connectivity index (χ4v) is 3.14. The molecule has 0 bridgehead atoms. The molecule has 0 aliphatic heterocycles. The fourth-order valence-electron chi connectivity index (χ4n) is 3.14. The van der Waals surface area contributed by atoms with Gasteiger partial charge in [0.1, 0.15) is 11.3 Å². The smallest absolute Gasteiger partial charge is 0.341 e. The molecule has 0 amide bonds. The van der Waals surface area contributed by atoms with Gasteiger partial charge in [0.05, 0.1) is 19.9 Å². The predicted molar refractivity (Wildman–Crippen MR) is 76.3 cm³/mol. The molecule has 2 atom stereocenters. The number of ether oxygens (including phenoxy) is 1. The van der Waals surface area contributed by atoms with Gasteiger partial charge in [0, 0.05) is 6.04 Å². The number of methoxy groups -OCH3 is 1. The standard InChI is InChI=1S/C15H24N2O3/c1-17(13-6-4-3-5-11(13)9-16)10-14-12(7-8-20-14)15(18)19-2/h7-8,11,13H,3-6,9-10,16H2,1-2H3. The minimum absolute atomic E-state index is 0.346. The van der Waals surface area contributed by atoms with Gasteiger partial charge in [-0.1, -0.05) is 12.8 Å². The Morgan fingerprint density at radius 1 is 1.50 bits per heavy atom. The first-order valence-electron chi connectivity index (χ1n) is 7.22. The van der Waals surface area contributed by atoms with Crippen molar-refractivity contribution in [3.63, 3.8) is 0 Å². The van der Waals surface area contributed by atoms with Crippen molar-refractivity contribution in [2.45, 2.75) is 38.3 Å². The molecule has 2 rings (SSSR count). The minimum Gasteiger partial charge on any atom is -0.467 e. The molecule has 5 heteroatoms. The number of nitrogens with zero attached hydrogens (tertiary/aromatic N) is 1. The molecule has 1 aromatic heterocycles. The van der Waals surface area contributed by atoms with E-state index in [1.54, 1.807) is 6.07 Å². The molecule has 112 valence electrons. The van der Waals surface area contributed by atoms with Gasteiger partial charge in [0.2, 0.25) is 0 Å². The zero-order valence-electron chi connectivity index (χ0n) is 12.3. The molecule has 5 nitrogen and oxygen atoms in total. The van der Waals surface area contributed by atoms with Crippen molar-refractivity contribution < 1.29 is 13.9 Å². The first-order valence-corrected chi connectivity index (χ1v) is 7.22. The van der Waals surface area contributed by atoms with E-state index in [1.165, 1.54) is 32.6 Å². The van der Waals surface area contributed by atoms with Crippen molar-refractivity contribution >= 4 is 5.97 Å². The van der Waals surface area contributed by atoms with E-state index in [-0.39, 0.29) is 5.97 Å². The fraction of sp³-hybridized carbons (Fsp3) is 0.667. The highest BCUT2D eigenvalue weighted by Gasteiger charge is 2.28. The second kappa shape index (κ2) is 6.90. The Balaban J connectivity index is 2.05. The van der Waals surface area contributed by atoms with E-state index in [9.17, 15) is 4.79 Å². The zero-order chi connectivity index (χ0) is 14.5. The Morgan fingerprint density at radius 3 is 2.95 bits per heavy atom. The summed E-state index contributed by atoms with van der Waals surface area (Å²) in [6.07, 6.45) is 6.39. The van der Waals surface area contributed by atoms with Gasteiger partial charge >= 0.3 is 5.97 Å². The van der Waals surface area contributed by atoms with Crippen LogP contribution in [0.3, 0.4) is 0 Å². The molecule has 1 aromatic rings. The zero-order valence-corrected chi connectivity index (χ0v) is 12.3. The van der Waals surface area contributed by atoms with Crippen LogP contribution in [0.4, 0.5) is 0 Å². The Morgan fingerprint density at radius 2 is 2.25 bits per heavy atom. The summed E-state index contributed by atoms with van der Waals surface area (Å²) in [4.78, 5) is 13.9. The molecule has 1 saturated carbocycles. The van der Waals surface area contributed by atoms with Gasteiger partial charge < -0.3 is 14.9 Å². The maximum atomic E-state index is 11.7. The quantitative estimate of drug-likeness (QED) is 0.836. The van der Waals surface area contributed by atoms with Gasteiger partial charge in [0.15, 0.2) is 0 Å². The van der Waals surface area contributed by atoms with E-state index in [4.69, 9.17) is 14.9 Å². The summed E-state index contributed by atoms with van der Waals surface area (Å²) in [5.74, 6) is 0.854. The van der Waals surface area contributed by atoms with Gasteiger partial charge in [-0.25, -0.2) is 4.79 Å². The van der Waals surface area contributed by atoms with Crippen LogP contribution in [0.5, 0.6) is 0 Å². The van der Waals surface area contributed by atoms with Crippen LogP contribution in [0.1, 0.15) is 41.8 Å². The molecule has 2 N–H and O–H groups in total. The van der Waals surface area contributed by atoms with Gasteiger partial charge in [-0.15, -0.1) is 0 Å². The van der Waals surface area contributed by atoms with E-state index in [2.05, 4.69) is 11.9 Å². The third kappa shape index (κ3) is 3.22. The summed E-state index contributed by atoms with van der Waals surface area (Å²) >= 11 is 0. The normalized spacial score (nSPS) is 23.0. The van der Waals surface area contributed by atoms with Crippen LogP contribution in [-0.2, 0) is 11.3 Å². The molecular formula is C15H24N2O3. The van der Waals surface area contributed by atoms with Gasteiger partial charge in [-0.05, 0) is 38.4 Å². The topological polar surface area (TPSA) is 68.7 Å². The molecule has 0 spiro atoms. The minimum atomic E-state index is -0.346. The van der Waals surface area contributed by atoms with Crippen molar-refractivity contribution in [2.75, 3.05) is 20.7 Å². The number of esters is 1. The van der Waals surface area contributed by atoms with Gasteiger partial charge in [-0.2, -0.15) is 0 Å². The molecule has 1 aliphatic rings. The summed E-state index contributed by atoms with van der Waals surface area (Å²) in [5.41, 5.74) is 6.39. The summed E-state index contributed by atoms with van der Waals surface area (Å²) in [6.45, 7) is 1.33. The Kier molecular flexibility index (Phi) is 5.20. The van der Waals surface area contributed by atoms with Crippen LogP contribution in [0, 0.1) is 5.92 Å². The second-order valence-electron chi connectivity index (χ2n) is 5.51. The Labute approximate surface area is 120 Å². The lowest BCUT2D eigenvalue weighted by atomic mass is 9.83. The average molecular weight is 280 g/mol. The highest BCUT2D eigenvalue weighted by molar-refractivity contribution is 5.90. The molecule has 1 aliphatic carbocycles. The number of furan rings is 1. The van der Waals surface area contributed by atoms with E-state index < -0.39 is 0 Å². The van der Waals surface area contributed by atoms with Crippen LogP contribution >= 0.6 is 0 Å². The average Bonchev–Trinajstić information content (AvgIpc) is 2.94. The molecule has 2 unspecified atom stereocenters. The van der Waals surface area contributed by atoms with E-state index in [1.807, 2.05) is 0 Å². The third-order valence-corrected chi connectivity index (χ3v) is 4.28. The van der Waals surface area contributed by atoms with Crippen molar-refractivity contribution in [1.29, 1.82) is 0 Å². The number of hydrogen-bond donors (Lipinski definition) is 1. The van der Waals surface area contributed by atoms with Crippen LogP contribution in [0.15, 0.2) is 16.7 Å². The van der Waals surface area contributed by atoms with Crippen LogP contribution in [-0.4, -0.2) is 37.6 Å². The van der Waals surface area contributed by atoms with Crippen LogP contribution < -0.4 is 5.73 Å². The molecule has 20 heavy (non-hydrogen) atoms. The van der Waals surface area contributed by atoms with Gasteiger partial charge in [-0.3, -0.25) is 4.90 Å². The second-order valence-corrected chi connectivity index (χ2v) is 5.51. The highest BCUT2D eigenvalue weighted by atomic mass is 16.5. The van der Waals surface area contributed by atoms with Crippen LogP contribution in [0.25, 0.3) is 0 Å². The number of nitrogens with two attached hydrogens (primary N) is 1. The predicted octanol–water partition coefficient (Wildman–Crippen LogP) is 2.02. The maximum absolute atomic E-state index is 11.7. The molecular weight excluding hydrogens is 256 g/mol. The molecule has 1 fully saturated rings. The summed E-state index contributed by atoms with van der Waals surface area (Å²) in [6, 6.07) is 2.13. The van der Waals surface area contributed by atoms with Crippen molar-refractivity contribution in [1.82, 2.24) is 4.90 Å².